The smallest absolute Gasteiger partial charge is 0.335 e. The Balaban J connectivity index is 0.000000735. The Morgan fingerprint density at radius 1 is 0.230 bits per heavy atom. The topological polar surface area (TPSA) is 490 Å². The van der Waals surface area contributed by atoms with E-state index < -0.39 is 116 Å². The number of hydrogen-bond donors (Lipinski definition) is 20. The Kier molecular flexibility index (Phi) is 19.0. The van der Waals surface area contributed by atoms with Gasteiger partial charge in [0.05, 0.1) is 27.8 Å². The van der Waals surface area contributed by atoms with Crippen LogP contribution in [0.1, 0.15) is 51.8 Å². The molecule has 5 aromatic rings. The van der Waals surface area contributed by atoms with Crippen molar-refractivity contribution in [3.8, 4) is 86.2 Å². The molecular formula is C35H30NbO25. The van der Waals surface area contributed by atoms with Crippen molar-refractivity contribution in [2.75, 3.05) is 0 Å². The fraction of sp³-hybridized carbons (Fsp3) is 0. The molecule has 0 saturated carbocycles. The molecule has 0 spiro atoms. The van der Waals surface area contributed by atoms with E-state index >= 15 is 0 Å². The summed E-state index contributed by atoms with van der Waals surface area (Å²) in [4.78, 5) is 51.6. The number of phenols is 15. The molecule has 0 saturated heterocycles. The number of carboxylic acid groups (broad SMARTS) is 5. The molecular weight excluding hydrogens is 913 g/mol. The van der Waals surface area contributed by atoms with Gasteiger partial charge in [0.1, 0.15) is 0 Å². The summed E-state index contributed by atoms with van der Waals surface area (Å²) in [6.07, 6.45) is 0. The summed E-state index contributed by atoms with van der Waals surface area (Å²) >= 11 is 0. The normalized spacial score (nSPS) is 9.51. The first-order valence-electron chi connectivity index (χ1n) is 15.0. The first kappa shape index (κ1) is 52.2. The summed E-state index contributed by atoms with van der Waals surface area (Å²) < 4.78 is 0. The van der Waals surface area contributed by atoms with Gasteiger partial charge in [-0.1, -0.05) is 0 Å². The van der Waals surface area contributed by atoms with E-state index in [0.717, 1.165) is 60.7 Å². The molecule has 5 rings (SSSR count). The van der Waals surface area contributed by atoms with Gasteiger partial charge in [-0.15, -0.1) is 0 Å². The molecule has 1 radical (unpaired) electrons. The molecule has 26 heteroatoms. The fourth-order valence-corrected chi connectivity index (χ4v) is 3.64. The number of phenolic OH excluding ortho intramolecular Hbond substituents is 15. The van der Waals surface area contributed by atoms with Crippen LogP contribution in [0.25, 0.3) is 0 Å². The monoisotopic (exact) mass is 943 g/mol. The number of carboxylic acids is 5. The van der Waals surface area contributed by atoms with Gasteiger partial charge >= 0.3 is 29.8 Å². The standard InChI is InChI=1S/5C7H6O5.Nb/c5*8-4-1-3(7(11)12)2-5(9)6(4)10;/h5*1-2,8-10H,(H,11,12);. The maximum Gasteiger partial charge on any atom is 0.335 e. The number of hydrogen-bond acceptors (Lipinski definition) is 20. The number of aromatic hydroxyl groups is 15. The quantitative estimate of drug-likeness (QED) is 0.0889. The largest absolute Gasteiger partial charge is 0.504 e. The van der Waals surface area contributed by atoms with E-state index in [4.69, 9.17) is 102 Å². The summed E-state index contributed by atoms with van der Waals surface area (Å²) in [6, 6.07) is 8.45. The van der Waals surface area contributed by atoms with Gasteiger partial charge in [-0.3, -0.25) is 0 Å². The number of carbonyl (C=O) groups is 5. The van der Waals surface area contributed by atoms with E-state index in [9.17, 15) is 24.0 Å². The third-order valence-corrected chi connectivity index (χ3v) is 6.58. The molecule has 0 aliphatic carbocycles. The number of aromatic carboxylic acids is 5. The summed E-state index contributed by atoms with van der Waals surface area (Å²) in [5, 5.41) is 175. The Morgan fingerprint density at radius 3 is 0.377 bits per heavy atom. The van der Waals surface area contributed by atoms with Gasteiger partial charge in [0, 0.05) is 22.4 Å². The number of benzene rings is 5. The summed E-state index contributed by atoms with van der Waals surface area (Å²) in [5.41, 5.74) is -1.45. The van der Waals surface area contributed by atoms with Crippen molar-refractivity contribution in [3.63, 3.8) is 0 Å². The maximum atomic E-state index is 10.3. The molecule has 5 aromatic carbocycles. The second-order valence-electron chi connectivity index (χ2n) is 10.8. The zero-order valence-electron chi connectivity index (χ0n) is 29.7. The molecule has 0 atom stereocenters. The van der Waals surface area contributed by atoms with Gasteiger partial charge in [0.15, 0.2) is 86.2 Å². The van der Waals surface area contributed by atoms with Crippen LogP contribution in [-0.2, 0) is 22.4 Å². The van der Waals surface area contributed by atoms with E-state index in [2.05, 4.69) is 0 Å². The Labute approximate surface area is 352 Å². The minimum atomic E-state index is -1.29. The summed E-state index contributed by atoms with van der Waals surface area (Å²) in [5.74, 6) is -16.7. The Hall–Kier alpha value is -8.81. The second-order valence-corrected chi connectivity index (χ2v) is 10.8. The van der Waals surface area contributed by atoms with Gasteiger partial charge in [0.2, 0.25) is 0 Å². The second kappa shape index (κ2) is 22.2. The van der Waals surface area contributed by atoms with Crippen molar-refractivity contribution in [2.24, 2.45) is 0 Å². The molecule has 0 aliphatic heterocycles. The van der Waals surface area contributed by atoms with Crippen molar-refractivity contribution < 1.29 is 148 Å². The van der Waals surface area contributed by atoms with Crippen molar-refractivity contribution in [1.29, 1.82) is 0 Å². The average molecular weight is 944 g/mol. The third-order valence-electron chi connectivity index (χ3n) is 6.58. The third kappa shape index (κ3) is 14.9. The summed E-state index contributed by atoms with van der Waals surface area (Å²) in [7, 11) is 0. The molecule has 0 unspecified atom stereocenters. The first-order valence-corrected chi connectivity index (χ1v) is 15.0. The van der Waals surface area contributed by atoms with Crippen LogP contribution in [0.2, 0.25) is 0 Å². The molecule has 0 aromatic heterocycles. The minimum absolute atomic E-state index is 0. The Bertz CT molecular complexity index is 1940. The zero-order chi connectivity index (χ0) is 46.5. The van der Waals surface area contributed by atoms with Crippen LogP contribution in [0.3, 0.4) is 0 Å². The van der Waals surface area contributed by atoms with E-state index in [-0.39, 0.29) is 50.2 Å². The summed E-state index contributed by atoms with van der Waals surface area (Å²) in [6.45, 7) is 0. The molecule has 0 heterocycles. The average Bonchev–Trinajstić information content (AvgIpc) is 3.15. The first-order chi connectivity index (χ1) is 27.6. The molecule has 0 fully saturated rings. The zero-order valence-corrected chi connectivity index (χ0v) is 31.9. The van der Waals surface area contributed by atoms with E-state index in [1.807, 2.05) is 0 Å². The van der Waals surface area contributed by atoms with Crippen LogP contribution in [0.4, 0.5) is 0 Å². The van der Waals surface area contributed by atoms with Crippen LogP contribution in [-0.4, -0.2) is 132 Å². The van der Waals surface area contributed by atoms with Crippen molar-refractivity contribution in [2.45, 2.75) is 0 Å². The SMILES string of the molecule is O=C(O)c1cc(O)c(O)c(O)c1.O=C(O)c1cc(O)c(O)c(O)c1.O=C(O)c1cc(O)c(O)c(O)c1.O=C(O)c1cc(O)c(O)c(O)c1.O=C(O)c1cc(O)c(O)c(O)c1.[Nb]. The van der Waals surface area contributed by atoms with Gasteiger partial charge in [-0.05, 0) is 60.7 Å². The van der Waals surface area contributed by atoms with E-state index in [1.165, 1.54) is 0 Å². The van der Waals surface area contributed by atoms with E-state index in [0.29, 0.717) is 0 Å². The molecule has 325 valence electrons. The molecule has 0 amide bonds. The van der Waals surface area contributed by atoms with E-state index in [1.54, 1.807) is 0 Å². The molecule has 61 heavy (non-hydrogen) atoms. The van der Waals surface area contributed by atoms with Crippen LogP contribution >= 0.6 is 0 Å². The van der Waals surface area contributed by atoms with Gasteiger partial charge < -0.3 is 102 Å². The predicted octanol–water partition coefficient (Wildman–Crippen LogP) is 2.51. The molecule has 0 bridgehead atoms. The van der Waals surface area contributed by atoms with Gasteiger partial charge in [-0.25, -0.2) is 24.0 Å². The molecule has 20 N–H and O–H groups in total. The van der Waals surface area contributed by atoms with Crippen molar-refractivity contribution >= 4 is 29.8 Å². The van der Waals surface area contributed by atoms with Crippen molar-refractivity contribution in [3.05, 3.63) is 88.5 Å². The maximum absolute atomic E-state index is 10.3. The van der Waals surface area contributed by atoms with Crippen molar-refractivity contribution in [1.82, 2.24) is 0 Å². The fourth-order valence-electron chi connectivity index (χ4n) is 3.64. The Morgan fingerprint density at radius 2 is 0.311 bits per heavy atom. The van der Waals surface area contributed by atoms with Gasteiger partial charge in [0.25, 0.3) is 0 Å². The number of rotatable bonds is 5. The van der Waals surface area contributed by atoms with Crippen LogP contribution in [0, 0.1) is 0 Å². The van der Waals surface area contributed by atoms with Crippen LogP contribution in [0.15, 0.2) is 60.7 Å². The molecule has 25 nitrogen and oxygen atoms in total. The van der Waals surface area contributed by atoms with Gasteiger partial charge in [-0.2, -0.15) is 0 Å². The molecule has 0 aliphatic rings. The van der Waals surface area contributed by atoms with Crippen LogP contribution in [0.5, 0.6) is 86.2 Å². The van der Waals surface area contributed by atoms with Crippen LogP contribution < -0.4 is 0 Å². The predicted molar refractivity (Wildman–Crippen MR) is 192 cm³/mol. The minimum Gasteiger partial charge on any atom is -0.504 e.